The fourth-order valence-corrected chi connectivity index (χ4v) is 3.11. The van der Waals surface area contributed by atoms with Crippen LogP contribution in [0.4, 0.5) is 9.18 Å². The maximum Gasteiger partial charge on any atom is 0.337 e. The number of hydrogen-bond acceptors (Lipinski definition) is 5. The lowest BCUT2D eigenvalue weighted by Crippen LogP contribution is -2.52. The monoisotopic (exact) mass is 460 g/mol. The second-order valence-electron chi connectivity index (χ2n) is 8.04. The van der Waals surface area contributed by atoms with Crippen molar-refractivity contribution < 1.29 is 33.7 Å². The SMILES string of the molecule is CC(C)CN(C[C@H](O)C(=O)OCc1ccccc1)C(=O)N[C@@H](Cc1ccccc1F)C(=O)O. The summed E-state index contributed by atoms with van der Waals surface area (Å²) in [4.78, 5) is 37.8. The van der Waals surface area contributed by atoms with E-state index in [9.17, 15) is 29.0 Å². The molecule has 0 spiro atoms. The van der Waals surface area contributed by atoms with Crippen LogP contribution >= 0.6 is 0 Å². The van der Waals surface area contributed by atoms with E-state index in [0.29, 0.717) is 0 Å². The number of ether oxygens (including phenoxy) is 1. The van der Waals surface area contributed by atoms with Crippen LogP contribution in [0.1, 0.15) is 25.0 Å². The summed E-state index contributed by atoms with van der Waals surface area (Å²) in [5.41, 5.74) is 0.886. The molecule has 2 aromatic carbocycles. The number of carbonyl (C=O) groups excluding carboxylic acids is 2. The number of aliphatic carboxylic acids is 1. The molecule has 0 bridgehead atoms. The molecular weight excluding hydrogens is 431 g/mol. The van der Waals surface area contributed by atoms with Crippen molar-refractivity contribution in [3.8, 4) is 0 Å². The topological polar surface area (TPSA) is 116 Å². The van der Waals surface area contributed by atoms with Gasteiger partial charge in [-0.1, -0.05) is 62.4 Å². The average molecular weight is 461 g/mol. The van der Waals surface area contributed by atoms with Gasteiger partial charge < -0.3 is 25.2 Å². The predicted molar refractivity (Wildman–Crippen MR) is 119 cm³/mol. The molecule has 3 N–H and O–H groups in total. The number of aliphatic hydroxyl groups is 1. The van der Waals surface area contributed by atoms with Crippen LogP contribution in [0.25, 0.3) is 0 Å². The van der Waals surface area contributed by atoms with Crippen LogP contribution in [-0.4, -0.2) is 58.3 Å². The summed E-state index contributed by atoms with van der Waals surface area (Å²) in [6.45, 7) is 3.39. The highest BCUT2D eigenvalue weighted by Crippen LogP contribution is 2.11. The largest absolute Gasteiger partial charge is 0.480 e. The number of carboxylic acids is 1. The normalized spacial score (nSPS) is 12.6. The number of hydrogen-bond donors (Lipinski definition) is 3. The third kappa shape index (κ3) is 8.53. The van der Waals surface area contributed by atoms with Gasteiger partial charge in [0.1, 0.15) is 18.5 Å². The third-order valence-corrected chi connectivity index (χ3v) is 4.74. The molecule has 0 saturated heterocycles. The summed E-state index contributed by atoms with van der Waals surface area (Å²) in [6.07, 6.45) is -1.88. The first-order valence-electron chi connectivity index (χ1n) is 10.6. The average Bonchev–Trinajstić information content (AvgIpc) is 2.78. The van der Waals surface area contributed by atoms with Crippen LogP contribution in [0.5, 0.6) is 0 Å². The molecule has 33 heavy (non-hydrogen) atoms. The Labute approximate surface area is 192 Å². The van der Waals surface area contributed by atoms with Crippen LogP contribution in [0.3, 0.4) is 0 Å². The molecule has 2 aromatic rings. The number of esters is 1. The molecule has 0 radical (unpaired) electrons. The molecule has 0 aliphatic carbocycles. The molecule has 0 heterocycles. The zero-order valence-electron chi connectivity index (χ0n) is 18.6. The van der Waals surface area contributed by atoms with E-state index in [4.69, 9.17) is 4.74 Å². The van der Waals surface area contributed by atoms with Crippen LogP contribution in [-0.2, 0) is 27.4 Å². The van der Waals surface area contributed by atoms with E-state index in [0.717, 1.165) is 10.5 Å². The van der Waals surface area contributed by atoms with E-state index in [1.807, 2.05) is 19.9 Å². The van der Waals surface area contributed by atoms with Crippen LogP contribution < -0.4 is 5.32 Å². The van der Waals surface area contributed by atoms with Gasteiger partial charge in [0.2, 0.25) is 0 Å². The second kappa shape index (κ2) is 12.5. The first kappa shape index (κ1) is 25.8. The van der Waals surface area contributed by atoms with Gasteiger partial charge in [0, 0.05) is 13.0 Å². The highest BCUT2D eigenvalue weighted by molar-refractivity contribution is 5.83. The number of carbonyl (C=O) groups is 3. The van der Waals surface area contributed by atoms with Gasteiger partial charge in [-0.15, -0.1) is 0 Å². The van der Waals surface area contributed by atoms with E-state index in [-0.39, 0.29) is 37.6 Å². The number of nitrogens with zero attached hydrogens (tertiary/aromatic N) is 1. The van der Waals surface area contributed by atoms with E-state index >= 15 is 0 Å². The Bertz CT molecular complexity index is 938. The first-order chi connectivity index (χ1) is 15.7. The van der Waals surface area contributed by atoms with Crippen molar-refractivity contribution in [2.24, 2.45) is 5.92 Å². The van der Waals surface area contributed by atoms with Crippen LogP contribution in [0.2, 0.25) is 0 Å². The third-order valence-electron chi connectivity index (χ3n) is 4.74. The molecule has 178 valence electrons. The van der Waals surface area contributed by atoms with Gasteiger partial charge in [-0.25, -0.2) is 18.8 Å². The molecule has 2 amide bonds. The molecule has 0 aliphatic heterocycles. The number of carboxylic acid groups (broad SMARTS) is 1. The Morgan fingerprint density at radius 2 is 1.67 bits per heavy atom. The predicted octanol–water partition coefficient (Wildman–Crippen LogP) is 2.59. The second-order valence-corrected chi connectivity index (χ2v) is 8.04. The molecule has 8 nitrogen and oxygen atoms in total. The van der Waals surface area contributed by atoms with Gasteiger partial charge in [0.25, 0.3) is 0 Å². The molecule has 2 atom stereocenters. The number of halogens is 1. The highest BCUT2D eigenvalue weighted by Gasteiger charge is 2.28. The van der Waals surface area contributed by atoms with E-state index in [1.54, 1.807) is 30.3 Å². The maximum atomic E-state index is 13.9. The molecule has 0 aromatic heterocycles. The highest BCUT2D eigenvalue weighted by atomic mass is 19.1. The summed E-state index contributed by atoms with van der Waals surface area (Å²) < 4.78 is 19.0. The standard InChI is InChI=1S/C24H29FN2O6/c1-16(2)13-27(14-21(28)23(31)33-15-17-8-4-3-5-9-17)24(32)26-20(22(29)30)12-18-10-6-7-11-19(18)25/h3-11,16,20-21,28H,12-15H2,1-2H3,(H,26,32)(H,29,30)/t20-,21-/m0/s1. The lowest BCUT2D eigenvalue weighted by atomic mass is 10.1. The van der Waals surface area contributed by atoms with Crippen molar-refractivity contribution in [3.05, 3.63) is 71.5 Å². The Hall–Kier alpha value is -3.46. The number of benzene rings is 2. The fraction of sp³-hybridized carbons (Fsp3) is 0.375. The summed E-state index contributed by atoms with van der Waals surface area (Å²) in [7, 11) is 0. The molecule has 9 heteroatoms. The Balaban J connectivity index is 2.02. The number of urea groups is 1. The molecular formula is C24H29FN2O6. The number of aliphatic hydroxyl groups excluding tert-OH is 1. The number of amides is 2. The van der Waals surface area contributed by atoms with Gasteiger partial charge in [-0.05, 0) is 23.1 Å². The van der Waals surface area contributed by atoms with Crippen LogP contribution in [0, 0.1) is 11.7 Å². The smallest absolute Gasteiger partial charge is 0.337 e. The van der Waals surface area contributed by atoms with Crippen molar-refractivity contribution in [2.75, 3.05) is 13.1 Å². The van der Waals surface area contributed by atoms with Crippen molar-refractivity contribution in [1.82, 2.24) is 10.2 Å². The van der Waals surface area contributed by atoms with E-state index < -0.39 is 35.9 Å². The van der Waals surface area contributed by atoms with Gasteiger partial charge in [0.15, 0.2) is 6.10 Å². The lowest BCUT2D eigenvalue weighted by Gasteiger charge is -2.28. The molecule has 0 saturated carbocycles. The van der Waals surface area contributed by atoms with Crippen LogP contribution in [0.15, 0.2) is 54.6 Å². The maximum absolute atomic E-state index is 13.9. The summed E-state index contributed by atoms with van der Waals surface area (Å²) >= 11 is 0. The van der Waals surface area contributed by atoms with Gasteiger partial charge in [-0.2, -0.15) is 0 Å². The van der Waals surface area contributed by atoms with E-state index in [2.05, 4.69) is 5.32 Å². The Morgan fingerprint density at radius 1 is 1.03 bits per heavy atom. The minimum atomic E-state index is -1.62. The molecule has 0 fully saturated rings. The minimum Gasteiger partial charge on any atom is -0.480 e. The Morgan fingerprint density at radius 3 is 2.27 bits per heavy atom. The summed E-state index contributed by atoms with van der Waals surface area (Å²) in [5.74, 6) is -2.84. The van der Waals surface area contributed by atoms with Gasteiger partial charge >= 0.3 is 18.0 Å². The minimum absolute atomic E-state index is 0.0295. The number of rotatable bonds is 11. The Kier molecular flexibility index (Phi) is 9.81. The zero-order valence-corrected chi connectivity index (χ0v) is 18.6. The van der Waals surface area contributed by atoms with Gasteiger partial charge in [0.05, 0.1) is 6.54 Å². The summed E-state index contributed by atoms with van der Waals surface area (Å²) in [5, 5.41) is 22.1. The van der Waals surface area contributed by atoms with Crippen molar-refractivity contribution in [1.29, 1.82) is 0 Å². The molecule has 2 rings (SSSR count). The first-order valence-corrected chi connectivity index (χ1v) is 10.6. The van der Waals surface area contributed by atoms with Crippen molar-refractivity contribution in [3.63, 3.8) is 0 Å². The molecule has 0 unspecified atom stereocenters. The zero-order chi connectivity index (χ0) is 24.4. The van der Waals surface area contributed by atoms with Crippen molar-refractivity contribution >= 4 is 18.0 Å². The number of nitrogens with one attached hydrogen (secondary N) is 1. The molecule has 0 aliphatic rings. The van der Waals surface area contributed by atoms with E-state index in [1.165, 1.54) is 18.2 Å². The summed E-state index contributed by atoms with van der Waals surface area (Å²) in [6, 6.07) is 12.4. The van der Waals surface area contributed by atoms with Crippen molar-refractivity contribution in [2.45, 2.75) is 39.0 Å². The lowest BCUT2D eigenvalue weighted by molar-refractivity contribution is -0.155. The fourth-order valence-electron chi connectivity index (χ4n) is 3.11. The van der Waals surface area contributed by atoms with Gasteiger partial charge in [-0.3, -0.25) is 0 Å². The quantitative estimate of drug-likeness (QED) is 0.444.